The lowest BCUT2D eigenvalue weighted by Gasteiger charge is -2.18. The summed E-state index contributed by atoms with van der Waals surface area (Å²) in [4.78, 5) is 25.2. The first kappa shape index (κ1) is 14.9. The Bertz CT molecular complexity index is 517. The number of hydrogen-bond acceptors (Lipinski definition) is 2. The van der Waals surface area contributed by atoms with Gasteiger partial charge in [-0.1, -0.05) is 23.7 Å². The molecule has 20 heavy (non-hydrogen) atoms. The number of hydrogen-bond donors (Lipinski definition) is 1. The average Bonchev–Trinajstić information content (AvgIpc) is 2.64. The molecule has 0 atom stereocenters. The summed E-state index contributed by atoms with van der Waals surface area (Å²) >= 11 is 6.07. The first-order chi connectivity index (χ1) is 9.56. The van der Waals surface area contributed by atoms with Gasteiger partial charge in [0.05, 0.1) is 6.54 Å². The lowest BCUT2D eigenvalue weighted by atomic mass is 10.1. The van der Waals surface area contributed by atoms with Crippen LogP contribution in [0.3, 0.4) is 0 Å². The second-order valence-corrected chi connectivity index (χ2v) is 5.51. The molecule has 1 aromatic carbocycles. The minimum absolute atomic E-state index is 0.0266. The summed E-state index contributed by atoms with van der Waals surface area (Å²) in [6, 6.07) is 5.85. The van der Waals surface area contributed by atoms with Crippen molar-refractivity contribution in [3.8, 4) is 0 Å². The van der Waals surface area contributed by atoms with E-state index in [-0.39, 0.29) is 18.4 Å². The van der Waals surface area contributed by atoms with Crippen LogP contribution in [0.15, 0.2) is 18.2 Å². The maximum atomic E-state index is 12.1. The van der Waals surface area contributed by atoms with Crippen molar-refractivity contribution in [3.05, 3.63) is 34.3 Å². The molecule has 1 fully saturated rings. The second kappa shape index (κ2) is 6.75. The minimum Gasteiger partial charge on any atom is -0.354 e. The van der Waals surface area contributed by atoms with Gasteiger partial charge in [0, 0.05) is 24.5 Å². The molecule has 0 radical (unpaired) electrons. The smallest absolute Gasteiger partial charge is 0.239 e. The van der Waals surface area contributed by atoms with E-state index < -0.39 is 0 Å². The lowest BCUT2D eigenvalue weighted by molar-refractivity contribution is -0.135. The number of aryl methyl sites for hydroxylation is 2. The van der Waals surface area contributed by atoms with Crippen LogP contribution in [0.2, 0.25) is 5.02 Å². The lowest BCUT2D eigenvalue weighted by Crippen LogP contribution is -2.37. The highest BCUT2D eigenvalue weighted by atomic mass is 35.5. The van der Waals surface area contributed by atoms with Gasteiger partial charge in [0.1, 0.15) is 0 Å². The molecular formula is C15H19ClN2O2. The predicted octanol–water partition coefficient (Wildman–Crippen LogP) is 1.93. The molecule has 0 aliphatic carbocycles. The summed E-state index contributed by atoms with van der Waals surface area (Å²) in [5.74, 6) is -0.0482. The maximum absolute atomic E-state index is 12.1. The number of halogens is 1. The van der Waals surface area contributed by atoms with E-state index in [1.54, 1.807) is 4.90 Å². The zero-order chi connectivity index (χ0) is 14.5. The largest absolute Gasteiger partial charge is 0.354 e. The Kier molecular flexibility index (Phi) is 5.01. The molecule has 0 saturated carbocycles. The Labute approximate surface area is 124 Å². The van der Waals surface area contributed by atoms with Gasteiger partial charge < -0.3 is 10.2 Å². The third-order valence-electron chi connectivity index (χ3n) is 3.48. The number of benzene rings is 1. The molecule has 0 aromatic heterocycles. The highest BCUT2D eigenvalue weighted by molar-refractivity contribution is 6.31. The quantitative estimate of drug-likeness (QED) is 0.926. The van der Waals surface area contributed by atoms with E-state index in [1.165, 1.54) is 0 Å². The van der Waals surface area contributed by atoms with Gasteiger partial charge in [-0.25, -0.2) is 0 Å². The van der Waals surface area contributed by atoms with E-state index in [4.69, 9.17) is 11.6 Å². The van der Waals surface area contributed by atoms with Crippen LogP contribution >= 0.6 is 11.6 Å². The summed E-state index contributed by atoms with van der Waals surface area (Å²) in [6.45, 7) is 3.42. The molecule has 4 nitrogen and oxygen atoms in total. The van der Waals surface area contributed by atoms with Gasteiger partial charge in [0.25, 0.3) is 0 Å². The fourth-order valence-electron chi connectivity index (χ4n) is 2.22. The monoisotopic (exact) mass is 294 g/mol. The third-order valence-corrected chi connectivity index (χ3v) is 3.89. The van der Waals surface area contributed by atoms with Crippen molar-refractivity contribution in [2.24, 2.45) is 0 Å². The number of carbonyl (C=O) groups is 2. The summed E-state index contributed by atoms with van der Waals surface area (Å²) < 4.78 is 0. The summed E-state index contributed by atoms with van der Waals surface area (Å²) in [6.07, 6.45) is 1.87. The Morgan fingerprint density at radius 3 is 3.00 bits per heavy atom. The first-order valence-electron chi connectivity index (χ1n) is 6.86. The highest BCUT2D eigenvalue weighted by Crippen LogP contribution is 2.18. The van der Waals surface area contributed by atoms with Crippen LogP contribution in [0.1, 0.15) is 24.0 Å². The van der Waals surface area contributed by atoms with E-state index in [9.17, 15) is 9.59 Å². The molecule has 1 saturated heterocycles. The van der Waals surface area contributed by atoms with E-state index in [2.05, 4.69) is 5.32 Å². The molecule has 0 unspecified atom stereocenters. The van der Waals surface area contributed by atoms with E-state index in [0.29, 0.717) is 25.9 Å². The van der Waals surface area contributed by atoms with Crippen molar-refractivity contribution in [2.45, 2.75) is 26.2 Å². The van der Waals surface area contributed by atoms with Crippen molar-refractivity contribution in [3.63, 3.8) is 0 Å². The molecule has 0 spiro atoms. The van der Waals surface area contributed by atoms with Crippen LogP contribution in [-0.2, 0) is 16.0 Å². The molecule has 1 aliphatic rings. The zero-order valence-corrected chi connectivity index (χ0v) is 12.4. The number of nitrogens with one attached hydrogen (secondary N) is 1. The second-order valence-electron chi connectivity index (χ2n) is 5.10. The zero-order valence-electron chi connectivity index (χ0n) is 11.6. The van der Waals surface area contributed by atoms with Crippen LogP contribution in [0.4, 0.5) is 0 Å². The van der Waals surface area contributed by atoms with Gasteiger partial charge in [-0.3, -0.25) is 9.59 Å². The van der Waals surface area contributed by atoms with E-state index in [0.717, 1.165) is 22.6 Å². The maximum Gasteiger partial charge on any atom is 0.239 e. The molecule has 1 N–H and O–H groups in total. The Morgan fingerprint density at radius 2 is 2.25 bits per heavy atom. The fourth-order valence-corrected chi connectivity index (χ4v) is 2.42. The van der Waals surface area contributed by atoms with Crippen LogP contribution in [-0.4, -0.2) is 36.3 Å². The van der Waals surface area contributed by atoms with Gasteiger partial charge in [-0.15, -0.1) is 0 Å². The standard InChI is InChI=1S/C15H19ClN2O2/c1-11-3-4-12(9-13(11)16)5-6-15(20)18-8-2-7-17-14(19)10-18/h3-4,9H,2,5-8,10H2,1H3,(H,17,19). The predicted molar refractivity (Wildman–Crippen MR) is 78.7 cm³/mol. The van der Waals surface area contributed by atoms with Gasteiger partial charge in [0.15, 0.2) is 0 Å². The average molecular weight is 295 g/mol. The van der Waals surface area contributed by atoms with Gasteiger partial charge in [-0.05, 0) is 37.0 Å². The van der Waals surface area contributed by atoms with Crippen LogP contribution in [0.25, 0.3) is 0 Å². The van der Waals surface area contributed by atoms with Crippen LogP contribution in [0.5, 0.6) is 0 Å². The number of carbonyl (C=O) groups excluding carboxylic acids is 2. The highest BCUT2D eigenvalue weighted by Gasteiger charge is 2.19. The molecular weight excluding hydrogens is 276 g/mol. The Hall–Kier alpha value is -1.55. The normalized spacial score (nSPS) is 15.7. The molecule has 1 heterocycles. The Morgan fingerprint density at radius 1 is 1.45 bits per heavy atom. The fraction of sp³-hybridized carbons (Fsp3) is 0.467. The van der Waals surface area contributed by atoms with Crippen LogP contribution < -0.4 is 5.32 Å². The number of rotatable bonds is 3. The van der Waals surface area contributed by atoms with Crippen molar-refractivity contribution >= 4 is 23.4 Å². The molecule has 2 rings (SSSR count). The van der Waals surface area contributed by atoms with Crippen molar-refractivity contribution < 1.29 is 9.59 Å². The van der Waals surface area contributed by atoms with Crippen molar-refractivity contribution in [1.29, 1.82) is 0 Å². The topological polar surface area (TPSA) is 49.4 Å². The summed E-state index contributed by atoms with van der Waals surface area (Å²) in [5, 5.41) is 3.49. The number of amides is 2. The minimum atomic E-state index is -0.0748. The summed E-state index contributed by atoms with van der Waals surface area (Å²) in [5.41, 5.74) is 2.08. The molecule has 5 heteroatoms. The molecule has 1 aromatic rings. The molecule has 1 aliphatic heterocycles. The van der Waals surface area contributed by atoms with Gasteiger partial charge in [-0.2, -0.15) is 0 Å². The first-order valence-corrected chi connectivity index (χ1v) is 7.23. The molecule has 2 amide bonds. The van der Waals surface area contributed by atoms with E-state index in [1.807, 2.05) is 25.1 Å². The van der Waals surface area contributed by atoms with Crippen LogP contribution in [0, 0.1) is 6.92 Å². The summed E-state index contributed by atoms with van der Waals surface area (Å²) in [7, 11) is 0. The van der Waals surface area contributed by atoms with Crippen molar-refractivity contribution in [1.82, 2.24) is 10.2 Å². The molecule has 0 bridgehead atoms. The van der Waals surface area contributed by atoms with Gasteiger partial charge >= 0.3 is 0 Å². The third kappa shape index (κ3) is 3.97. The van der Waals surface area contributed by atoms with E-state index >= 15 is 0 Å². The SMILES string of the molecule is Cc1ccc(CCC(=O)N2CCCNC(=O)C2)cc1Cl. The van der Waals surface area contributed by atoms with Gasteiger partial charge in [0.2, 0.25) is 11.8 Å². The molecule has 108 valence electrons. The van der Waals surface area contributed by atoms with Crippen molar-refractivity contribution in [2.75, 3.05) is 19.6 Å². The number of nitrogens with zero attached hydrogens (tertiary/aromatic N) is 1. The Balaban J connectivity index is 1.90.